The molecule has 0 aliphatic rings. The van der Waals surface area contributed by atoms with E-state index in [0.717, 1.165) is 11.3 Å². The smallest absolute Gasteiger partial charge is 0.405 e. The second kappa shape index (κ2) is 8.62. The van der Waals surface area contributed by atoms with Crippen molar-refractivity contribution in [3.8, 4) is 5.88 Å². The van der Waals surface area contributed by atoms with Gasteiger partial charge in [0.1, 0.15) is 6.54 Å². The zero-order valence-electron chi connectivity index (χ0n) is 17.0. The molecule has 0 fully saturated rings. The van der Waals surface area contributed by atoms with Gasteiger partial charge in [0, 0.05) is 12.7 Å². The van der Waals surface area contributed by atoms with Crippen LogP contribution >= 0.6 is 0 Å². The molecule has 11 heteroatoms. The van der Waals surface area contributed by atoms with Gasteiger partial charge in [0.05, 0.1) is 16.6 Å². The van der Waals surface area contributed by atoms with E-state index in [9.17, 15) is 22.8 Å². The van der Waals surface area contributed by atoms with Crippen LogP contribution in [0.2, 0.25) is 0 Å². The number of halogens is 3. The van der Waals surface area contributed by atoms with E-state index < -0.39 is 31.1 Å². The molecule has 3 aromatic rings. The molecule has 0 aliphatic heterocycles. The minimum absolute atomic E-state index is 0.0649. The molecule has 2 N–H and O–H groups in total. The zero-order valence-corrected chi connectivity index (χ0v) is 17.0. The number of pyridine rings is 1. The number of benzene rings is 1. The highest BCUT2D eigenvalue weighted by Crippen LogP contribution is 2.27. The Morgan fingerprint density at radius 3 is 2.61 bits per heavy atom. The highest BCUT2D eigenvalue weighted by atomic mass is 19.4. The molecule has 0 saturated heterocycles. The van der Waals surface area contributed by atoms with Gasteiger partial charge in [-0.15, -0.1) is 5.10 Å². The third-order valence-electron chi connectivity index (χ3n) is 4.32. The highest BCUT2D eigenvalue weighted by Gasteiger charge is 2.28. The Morgan fingerprint density at radius 1 is 1.19 bits per heavy atom. The predicted octanol–water partition coefficient (Wildman–Crippen LogP) is 2.89. The second-order valence-electron chi connectivity index (χ2n) is 6.89. The molecule has 2 heterocycles. The average molecular weight is 435 g/mol. The van der Waals surface area contributed by atoms with Gasteiger partial charge in [0.2, 0.25) is 5.88 Å². The van der Waals surface area contributed by atoms with Crippen LogP contribution < -0.4 is 15.4 Å². The SMILES string of the molecule is Cc1cc(C)c2c(OCC(=O)Nc3ccccc3C(=O)NCC(F)(F)F)nn(C)c2n1. The first kappa shape index (κ1) is 22.1. The molecular formula is C20H20F3N5O3. The topological polar surface area (TPSA) is 98.1 Å². The molecule has 31 heavy (non-hydrogen) atoms. The number of hydrogen-bond donors (Lipinski definition) is 2. The van der Waals surface area contributed by atoms with Crippen LogP contribution in [0.3, 0.4) is 0 Å². The molecule has 0 radical (unpaired) electrons. The van der Waals surface area contributed by atoms with Gasteiger partial charge in [0.15, 0.2) is 12.3 Å². The molecule has 0 unspecified atom stereocenters. The van der Waals surface area contributed by atoms with Crippen LogP contribution in [-0.2, 0) is 11.8 Å². The number of anilines is 1. The van der Waals surface area contributed by atoms with Crippen LogP contribution in [0.1, 0.15) is 21.6 Å². The van der Waals surface area contributed by atoms with Crippen molar-refractivity contribution in [2.24, 2.45) is 7.05 Å². The second-order valence-corrected chi connectivity index (χ2v) is 6.89. The van der Waals surface area contributed by atoms with E-state index in [1.54, 1.807) is 23.1 Å². The molecular weight excluding hydrogens is 415 g/mol. The lowest BCUT2D eigenvalue weighted by molar-refractivity contribution is -0.123. The Balaban J connectivity index is 1.70. The Labute approximate surface area is 175 Å². The standard InChI is InChI=1S/C20H20F3N5O3/c1-11-8-12(2)25-17-16(11)19(27-28(17)3)31-9-15(29)26-14-7-5-4-6-13(14)18(30)24-10-20(21,22)23/h4-8H,9-10H2,1-3H3,(H,24,30)(H,26,29). The Kier molecular flexibility index (Phi) is 6.14. The first-order valence-electron chi connectivity index (χ1n) is 9.22. The van der Waals surface area contributed by atoms with E-state index in [4.69, 9.17) is 4.74 Å². The number of para-hydroxylation sites is 1. The number of hydrogen-bond acceptors (Lipinski definition) is 5. The highest BCUT2D eigenvalue weighted by molar-refractivity contribution is 6.04. The van der Waals surface area contributed by atoms with Gasteiger partial charge in [-0.25, -0.2) is 9.67 Å². The number of alkyl halides is 3. The number of carbonyl (C=O) groups is 2. The molecule has 2 amide bonds. The molecule has 8 nitrogen and oxygen atoms in total. The number of amides is 2. The maximum absolute atomic E-state index is 12.4. The normalized spacial score (nSPS) is 11.4. The minimum Gasteiger partial charge on any atom is -0.466 e. The summed E-state index contributed by atoms with van der Waals surface area (Å²) in [5.74, 6) is -1.33. The molecule has 0 spiro atoms. The summed E-state index contributed by atoms with van der Waals surface area (Å²) in [5, 5.41) is 9.18. The first-order chi connectivity index (χ1) is 14.5. The quantitative estimate of drug-likeness (QED) is 0.621. The molecule has 0 saturated carbocycles. The summed E-state index contributed by atoms with van der Waals surface area (Å²) in [4.78, 5) is 28.8. The summed E-state index contributed by atoms with van der Waals surface area (Å²) in [6.45, 7) is 1.84. The monoisotopic (exact) mass is 435 g/mol. The summed E-state index contributed by atoms with van der Waals surface area (Å²) < 4.78 is 44.2. The van der Waals surface area contributed by atoms with Gasteiger partial charge < -0.3 is 15.4 Å². The van der Waals surface area contributed by atoms with E-state index in [1.807, 2.05) is 19.9 Å². The number of rotatable bonds is 6. The maximum Gasteiger partial charge on any atom is 0.405 e. The molecule has 0 bridgehead atoms. The van der Waals surface area contributed by atoms with E-state index in [-0.39, 0.29) is 17.1 Å². The fourth-order valence-corrected chi connectivity index (χ4v) is 3.04. The lowest BCUT2D eigenvalue weighted by Gasteiger charge is -2.12. The van der Waals surface area contributed by atoms with Crippen molar-refractivity contribution in [3.05, 3.63) is 47.2 Å². The summed E-state index contributed by atoms with van der Waals surface area (Å²) in [7, 11) is 1.71. The third-order valence-corrected chi connectivity index (χ3v) is 4.32. The summed E-state index contributed by atoms with van der Waals surface area (Å²) >= 11 is 0. The number of ether oxygens (including phenoxy) is 1. The van der Waals surface area contributed by atoms with Gasteiger partial charge in [0.25, 0.3) is 11.8 Å². The molecule has 0 atom stereocenters. The maximum atomic E-state index is 12.4. The summed E-state index contributed by atoms with van der Waals surface area (Å²) in [5.41, 5.74) is 2.28. The number of nitrogens with one attached hydrogen (secondary N) is 2. The summed E-state index contributed by atoms with van der Waals surface area (Å²) in [6.07, 6.45) is -4.54. The fourth-order valence-electron chi connectivity index (χ4n) is 3.04. The number of carbonyl (C=O) groups excluding carboxylic acids is 2. The van der Waals surface area contributed by atoms with Gasteiger partial charge in [-0.3, -0.25) is 9.59 Å². The Hall–Kier alpha value is -3.63. The predicted molar refractivity (Wildman–Crippen MR) is 107 cm³/mol. The third kappa shape index (κ3) is 5.30. The van der Waals surface area contributed by atoms with Crippen LogP contribution in [0.5, 0.6) is 5.88 Å². The Bertz CT molecular complexity index is 1140. The molecule has 3 rings (SSSR count). The largest absolute Gasteiger partial charge is 0.466 e. The lowest BCUT2D eigenvalue weighted by atomic mass is 10.1. The van der Waals surface area contributed by atoms with Gasteiger partial charge >= 0.3 is 6.18 Å². The van der Waals surface area contributed by atoms with E-state index in [0.29, 0.717) is 11.0 Å². The van der Waals surface area contributed by atoms with Crippen LogP contribution in [0.4, 0.5) is 18.9 Å². The van der Waals surface area contributed by atoms with Gasteiger partial charge in [-0.1, -0.05) is 12.1 Å². The van der Waals surface area contributed by atoms with E-state index >= 15 is 0 Å². The van der Waals surface area contributed by atoms with Crippen molar-refractivity contribution in [1.29, 1.82) is 0 Å². The van der Waals surface area contributed by atoms with Crippen molar-refractivity contribution < 1.29 is 27.5 Å². The number of fused-ring (bicyclic) bond motifs is 1. The van der Waals surface area contributed by atoms with Crippen LogP contribution in [0.25, 0.3) is 11.0 Å². The van der Waals surface area contributed by atoms with Gasteiger partial charge in [-0.05, 0) is 37.6 Å². The van der Waals surface area contributed by atoms with Crippen molar-refractivity contribution in [3.63, 3.8) is 0 Å². The number of aromatic nitrogens is 3. The first-order valence-corrected chi connectivity index (χ1v) is 9.22. The average Bonchev–Trinajstić information content (AvgIpc) is 3.00. The van der Waals surface area contributed by atoms with Crippen molar-refractivity contribution in [2.75, 3.05) is 18.5 Å². The fraction of sp³-hybridized carbons (Fsp3) is 0.300. The number of aryl methyl sites for hydroxylation is 3. The summed E-state index contributed by atoms with van der Waals surface area (Å²) in [6, 6.07) is 7.61. The molecule has 1 aromatic carbocycles. The minimum atomic E-state index is -4.54. The molecule has 0 aliphatic carbocycles. The van der Waals surface area contributed by atoms with Crippen LogP contribution in [0, 0.1) is 13.8 Å². The van der Waals surface area contributed by atoms with Crippen LogP contribution in [0.15, 0.2) is 30.3 Å². The molecule has 164 valence electrons. The van der Waals surface area contributed by atoms with Crippen LogP contribution in [-0.4, -0.2) is 45.9 Å². The lowest BCUT2D eigenvalue weighted by Crippen LogP contribution is -2.34. The Morgan fingerprint density at radius 2 is 1.90 bits per heavy atom. The van der Waals surface area contributed by atoms with Crippen molar-refractivity contribution >= 4 is 28.5 Å². The van der Waals surface area contributed by atoms with Gasteiger partial charge in [-0.2, -0.15) is 13.2 Å². The van der Waals surface area contributed by atoms with Crippen molar-refractivity contribution in [2.45, 2.75) is 20.0 Å². The zero-order chi connectivity index (χ0) is 22.8. The van der Waals surface area contributed by atoms with Crippen molar-refractivity contribution in [1.82, 2.24) is 20.1 Å². The van der Waals surface area contributed by atoms with E-state index in [1.165, 1.54) is 18.2 Å². The van der Waals surface area contributed by atoms with E-state index in [2.05, 4.69) is 15.4 Å². The number of nitrogens with zero attached hydrogens (tertiary/aromatic N) is 3. The molecule has 2 aromatic heterocycles.